The van der Waals surface area contributed by atoms with Crippen molar-refractivity contribution in [3.63, 3.8) is 0 Å². The minimum absolute atomic E-state index is 0.0112. The van der Waals surface area contributed by atoms with Gasteiger partial charge in [-0.3, -0.25) is 9.69 Å². The van der Waals surface area contributed by atoms with Gasteiger partial charge in [-0.05, 0) is 13.8 Å². The predicted molar refractivity (Wildman–Crippen MR) is 77.2 cm³/mol. The van der Waals surface area contributed by atoms with Crippen LogP contribution in [0.2, 0.25) is 0 Å². The van der Waals surface area contributed by atoms with E-state index in [1.165, 1.54) is 0 Å². The second kappa shape index (κ2) is 7.09. The van der Waals surface area contributed by atoms with Crippen molar-refractivity contribution in [2.75, 3.05) is 45.9 Å². The first-order chi connectivity index (χ1) is 9.97. The van der Waals surface area contributed by atoms with E-state index in [-0.39, 0.29) is 12.5 Å². The molecular weight excluding hydrogens is 274 g/mol. The molecule has 0 aromatic rings. The average molecular weight is 299 g/mol. The first-order valence-corrected chi connectivity index (χ1v) is 7.58. The monoisotopic (exact) mass is 299 g/mol. The van der Waals surface area contributed by atoms with Crippen LogP contribution in [0.3, 0.4) is 0 Å². The fourth-order valence-electron chi connectivity index (χ4n) is 2.84. The van der Waals surface area contributed by atoms with Crippen molar-refractivity contribution in [3.8, 4) is 0 Å². The predicted octanol–water partition coefficient (Wildman–Crippen LogP) is 0.308. The number of amides is 2. The molecule has 0 bridgehead atoms. The van der Waals surface area contributed by atoms with Crippen molar-refractivity contribution in [1.29, 1.82) is 0 Å². The summed E-state index contributed by atoms with van der Waals surface area (Å²) in [6.07, 6.45) is -0.442. The third-order valence-electron chi connectivity index (χ3n) is 4.13. The van der Waals surface area contributed by atoms with Gasteiger partial charge in [-0.1, -0.05) is 0 Å². The lowest BCUT2D eigenvalue weighted by Crippen LogP contribution is -2.56. The van der Waals surface area contributed by atoms with E-state index < -0.39 is 12.1 Å². The van der Waals surface area contributed by atoms with Crippen molar-refractivity contribution >= 4 is 12.0 Å². The number of carbonyl (C=O) groups excluding carboxylic acids is 1. The molecule has 2 aliphatic heterocycles. The van der Waals surface area contributed by atoms with Crippen LogP contribution < -0.4 is 0 Å². The van der Waals surface area contributed by atoms with Crippen molar-refractivity contribution in [2.24, 2.45) is 0 Å². The van der Waals surface area contributed by atoms with Crippen LogP contribution >= 0.6 is 0 Å². The molecule has 2 rings (SSSR count). The number of urea groups is 1. The van der Waals surface area contributed by atoms with Gasteiger partial charge < -0.3 is 19.6 Å². The zero-order valence-electron chi connectivity index (χ0n) is 12.8. The highest BCUT2D eigenvalue weighted by molar-refractivity contribution is 5.75. The third kappa shape index (κ3) is 4.31. The third-order valence-corrected chi connectivity index (χ3v) is 4.13. The minimum atomic E-state index is -0.889. The smallest absolute Gasteiger partial charge is 0.320 e. The Morgan fingerprint density at radius 1 is 1.14 bits per heavy atom. The van der Waals surface area contributed by atoms with Crippen LogP contribution in [0.15, 0.2) is 0 Å². The lowest BCUT2D eigenvalue weighted by Gasteiger charge is -2.41. The molecule has 1 atom stereocenters. The van der Waals surface area contributed by atoms with Crippen LogP contribution in [0.5, 0.6) is 0 Å². The number of rotatable bonds is 3. The molecule has 2 aliphatic rings. The maximum Gasteiger partial charge on any atom is 0.320 e. The maximum absolute atomic E-state index is 12.5. The van der Waals surface area contributed by atoms with Crippen LogP contribution in [0.4, 0.5) is 4.79 Å². The van der Waals surface area contributed by atoms with Gasteiger partial charge in [-0.25, -0.2) is 4.79 Å². The second-order valence-corrected chi connectivity index (χ2v) is 5.94. The zero-order chi connectivity index (χ0) is 15.4. The van der Waals surface area contributed by atoms with Gasteiger partial charge >= 0.3 is 12.0 Å². The molecule has 120 valence electrons. The molecule has 2 amide bonds. The normalized spacial score (nSPS) is 24.4. The molecule has 2 fully saturated rings. The molecule has 0 spiro atoms. The van der Waals surface area contributed by atoms with Gasteiger partial charge in [0.15, 0.2) is 0 Å². The fourth-order valence-corrected chi connectivity index (χ4v) is 2.84. The van der Waals surface area contributed by atoms with Gasteiger partial charge in [0.2, 0.25) is 0 Å². The number of piperazine rings is 1. The Bertz CT molecular complexity index is 380. The van der Waals surface area contributed by atoms with E-state index in [4.69, 9.17) is 9.84 Å². The molecule has 7 nitrogen and oxygen atoms in total. The number of carboxylic acid groups (broad SMARTS) is 1. The summed E-state index contributed by atoms with van der Waals surface area (Å²) in [6, 6.07) is 0.516. The lowest BCUT2D eigenvalue weighted by atomic mass is 10.2. The van der Waals surface area contributed by atoms with E-state index >= 15 is 0 Å². The summed E-state index contributed by atoms with van der Waals surface area (Å²) in [5.41, 5.74) is 0. The molecule has 0 radical (unpaired) electrons. The highest BCUT2D eigenvalue weighted by atomic mass is 16.5. The van der Waals surface area contributed by atoms with E-state index in [2.05, 4.69) is 18.7 Å². The fraction of sp³-hybridized carbons (Fsp3) is 0.857. The molecule has 0 aromatic carbocycles. The second-order valence-electron chi connectivity index (χ2n) is 5.94. The minimum Gasteiger partial charge on any atom is -0.481 e. The Morgan fingerprint density at radius 2 is 1.81 bits per heavy atom. The van der Waals surface area contributed by atoms with Gasteiger partial charge in [-0.15, -0.1) is 0 Å². The molecule has 2 heterocycles. The van der Waals surface area contributed by atoms with Gasteiger partial charge in [0.1, 0.15) is 0 Å². The molecular formula is C14H25N3O4. The van der Waals surface area contributed by atoms with E-state index in [0.717, 1.165) is 26.2 Å². The number of morpholine rings is 1. The Balaban J connectivity index is 1.84. The SMILES string of the molecule is CC(C)N1CCN(C(=O)N2CCOC(CC(=O)O)C2)CC1. The summed E-state index contributed by atoms with van der Waals surface area (Å²) in [6.45, 7) is 8.91. The summed E-state index contributed by atoms with van der Waals surface area (Å²) in [4.78, 5) is 29.2. The van der Waals surface area contributed by atoms with Gasteiger partial charge in [0, 0.05) is 45.3 Å². The van der Waals surface area contributed by atoms with Crippen LogP contribution in [0.25, 0.3) is 0 Å². The number of hydrogen-bond acceptors (Lipinski definition) is 4. The summed E-state index contributed by atoms with van der Waals surface area (Å²) in [7, 11) is 0. The quantitative estimate of drug-likeness (QED) is 0.812. The van der Waals surface area contributed by atoms with E-state index in [1.807, 2.05) is 4.90 Å². The average Bonchev–Trinajstić information content (AvgIpc) is 2.46. The first-order valence-electron chi connectivity index (χ1n) is 7.58. The number of carbonyl (C=O) groups is 2. The molecule has 21 heavy (non-hydrogen) atoms. The van der Waals surface area contributed by atoms with Crippen molar-refractivity contribution in [2.45, 2.75) is 32.4 Å². The molecule has 1 unspecified atom stereocenters. The number of carboxylic acids is 1. The van der Waals surface area contributed by atoms with Gasteiger partial charge in [0.25, 0.3) is 0 Å². The lowest BCUT2D eigenvalue weighted by molar-refractivity contribution is -0.141. The van der Waals surface area contributed by atoms with Crippen molar-refractivity contribution < 1.29 is 19.4 Å². The summed E-state index contributed by atoms with van der Waals surface area (Å²) < 4.78 is 5.40. The van der Waals surface area contributed by atoms with Crippen LogP contribution in [-0.2, 0) is 9.53 Å². The summed E-state index contributed by atoms with van der Waals surface area (Å²) >= 11 is 0. The largest absolute Gasteiger partial charge is 0.481 e. The molecule has 7 heteroatoms. The first kappa shape index (κ1) is 16.0. The molecule has 0 aromatic heterocycles. The topological polar surface area (TPSA) is 73.3 Å². The molecule has 1 N–H and O–H groups in total. The highest BCUT2D eigenvalue weighted by Crippen LogP contribution is 2.13. The van der Waals surface area contributed by atoms with E-state index in [9.17, 15) is 9.59 Å². The molecule has 2 saturated heterocycles. The number of hydrogen-bond donors (Lipinski definition) is 1. The van der Waals surface area contributed by atoms with Gasteiger partial charge in [0.05, 0.1) is 19.1 Å². The molecule has 0 saturated carbocycles. The molecule has 0 aliphatic carbocycles. The van der Waals surface area contributed by atoms with Crippen LogP contribution in [-0.4, -0.2) is 89.8 Å². The number of ether oxygens (including phenoxy) is 1. The summed E-state index contributed by atoms with van der Waals surface area (Å²) in [5.74, 6) is -0.889. The van der Waals surface area contributed by atoms with Crippen molar-refractivity contribution in [3.05, 3.63) is 0 Å². The van der Waals surface area contributed by atoms with E-state index in [0.29, 0.717) is 25.7 Å². The zero-order valence-corrected chi connectivity index (χ0v) is 12.8. The highest BCUT2D eigenvalue weighted by Gasteiger charge is 2.30. The number of aliphatic carboxylic acids is 1. The van der Waals surface area contributed by atoms with Crippen molar-refractivity contribution in [1.82, 2.24) is 14.7 Å². The Morgan fingerprint density at radius 3 is 2.38 bits per heavy atom. The van der Waals surface area contributed by atoms with Crippen LogP contribution in [0, 0.1) is 0 Å². The van der Waals surface area contributed by atoms with E-state index in [1.54, 1.807) is 4.90 Å². The Hall–Kier alpha value is -1.34. The Labute approximate surface area is 125 Å². The summed E-state index contributed by atoms with van der Waals surface area (Å²) in [5, 5.41) is 8.82. The standard InChI is InChI=1S/C14H25N3O4/c1-11(2)15-3-5-16(6-4-15)14(20)17-7-8-21-12(10-17)9-13(18)19/h11-12H,3-10H2,1-2H3,(H,18,19). The van der Waals surface area contributed by atoms with Gasteiger partial charge in [-0.2, -0.15) is 0 Å². The van der Waals surface area contributed by atoms with Crippen LogP contribution in [0.1, 0.15) is 20.3 Å². The maximum atomic E-state index is 12.5. The number of nitrogens with zero attached hydrogens (tertiary/aromatic N) is 3. The Kier molecular flexibility index (Phi) is 5.41.